The molecule has 0 saturated heterocycles. The van der Waals surface area contributed by atoms with Crippen molar-refractivity contribution in [2.45, 2.75) is 6.18 Å². The molecule has 7 heteroatoms. The number of carboxylic acids is 1. The van der Waals surface area contributed by atoms with E-state index in [1.807, 2.05) is 0 Å². The van der Waals surface area contributed by atoms with E-state index >= 15 is 0 Å². The molecule has 0 radical (unpaired) electrons. The lowest BCUT2D eigenvalue weighted by atomic mass is 10.3. The van der Waals surface area contributed by atoms with Crippen molar-refractivity contribution in [3.05, 3.63) is 23.5 Å². The molecular weight excluding hydrogens is 189 g/mol. The van der Waals surface area contributed by atoms with Crippen LogP contribution in [0.3, 0.4) is 0 Å². The molecule has 0 spiro atoms. The highest BCUT2D eigenvalue weighted by atomic mass is 19.4. The molecule has 13 heavy (non-hydrogen) atoms. The van der Waals surface area contributed by atoms with Crippen LogP contribution in [0, 0.1) is 0 Å². The highest BCUT2D eigenvalue weighted by Gasteiger charge is 2.33. The summed E-state index contributed by atoms with van der Waals surface area (Å²) in [4.78, 5) is 10.2. The Hall–Kier alpha value is -1.66. The maximum absolute atomic E-state index is 11.9. The predicted molar refractivity (Wildman–Crippen MR) is 34.0 cm³/mol. The molecule has 1 heterocycles. The summed E-state index contributed by atoms with van der Waals surface area (Å²) in [6.07, 6.45) is -4.59. The largest absolute Gasteiger partial charge is 0.476 e. The van der Waals surface area contributed by atoms with Crippen molar-refractivity contribution in [1.82, 2.24) is 10.2 Å². The molecular formula is C6H3F3N2O2. The van der Waals surface area contributed by atoms with Gasteiger partial charge in [-0.1, -0.05) is 0 Å². The zero-order valence-electron chi connectivity index (χ0n) is 6.04. The molecule has 0 fully saturated rings. The van der Waals surface area contributed by atoms with Gasteiger partial charge in [-0.3, -0.25) is 0 Å². The molecule has 0 atom stereocenters. The number of carbonyl (C=O) groups is 1. The number of aromatic nitrogens is 2. The predicted octanol–water partition coefficient (Wildman–Crippen LogP) is 1.19. The van der Waals surface area contributed by atoms with Gasteiger partial charge in [0.1, 0.15) is 0 Å². The van der Waals surface area contributed by atoms with Crippen LogP contribution in [0.25, 0.3) is 0 Å². The molecule has 1 aromatic heterocycles. The number of alkyl halides is 3. The van der Waals surface area contributed by atoms with Crippen LogP contribution >= 0.6 is 0 Å². The first-order chi connectivity index (χ1) is 5.91. The summed E-state index contributed by atoms with van der Waals surface area (Å²) >= 11 is 0. The van der Waals surface area contributed by atoms with E-state index in [1.165, 1.54) is 0 Å². The fourth-order valence-corrected chi connectivity index (χ4v) is 0.598. The van der Waals surface area contributed by atoms with Crippen molar-refractivity contribution >= 4 is 5.97 Å². The standard InChI is InChI=1S/C6H3F3N2O2/c7-6(8,9)4-2-1-3(5(12)13)10-11-4/h1-2H,(H,12,13). The summed E-state index contributed by atoms with van der Waals surface area (Å²) in [7, 11) is 0. The van der Waals surface area contributed by atoms with Crippen LogP contribution in [0.1, 0.15) is 16.2 Å². The van der Waals surface area contributed by atoms with Gasteiger partial charge in [0.15, 0.2) is 11.4 Å². The normalized spacial score (nSPS) is 11.3. The van der Waals surface area contributed by atoms with E-state index < -0.39 is 23.5 Å². The first-order valence-electron chi connectivity index (χ1n) is 3.05. The number of halogens is 3. The van der Waals surface area contributed by atoms with Crippen molar-refractivity contribution in [2.75, 3.05) is 0 Å². The third-order valence-corrected chi connectivity index (χ3v) is 1.17. The van der Waals surface area contributed by atoms with Gasteiger partial charge in [-0.2, -0.15) is 13.2 Å². The fourth-order valence-electron chi connectivity index (χ4n) is 0.598. The van der Waals surface area contributed by atoms with E-state index in [1.54, 1.807) is 0 Å². The fraction of sp³-hybridized carbons (Fsp3) is 0.167. The van der Waals surface area contributed by atoms with Gasteiger partial charge >= 0.3 is 12.1 Å². The Bertz CT molecular complexity index is 320. The van der Waals surface area contributed by atoms with Crippen molar-refractivity contribution in [3.8, 4) is 0 Å². The van der Waals surface area contributed by atoms with Gasteiger partial charge in [0.05, 0.1) is 0 Å². The van der Waals surface area contributed by atoms with Crippen LogP contribution in [0.2, 0.25) is 0 Å². The Kier molecular flexibility index (Phi) is 2.18. The van der Waals surface area contributed by atoms with Gasteiger partial charge in [0.25, 0.3) is 0 Å². The molecule has 1 aromatic rings. The van der Waals surface area contributed by atoms with Gasteiger partial charge in [-0.15, -0.1) is 10.2 Å². The highest BCUT2D eigenvalue weighted by Crippen LogP contribution is 2.26. The Balaban J connectivity index is 3.01. The van der Waals surface area contributed by atoms with E-state index in [2.05, 4.69) is 10.2 Å². The Labute approximate surface area is 70.0 Å². The molecule has 0 amide bonds. The molecule has 0 aliphatic rings. The van der Waals surface area contributed by atoms with Gasteiger partial charge in [0.2, 0.25) is 0 Å². The lowest BCUT2D eigenvalue weighted by molar-refractivity contribution is -0.141. The van der Waals surface area contributed by atoms with Crippen LogP contribution in [0.15, 0.2) is 12.1 Å². The van der Waals surface area contributed by atoms with E-state index in [0.29, 0.717) is 6.07 Å². The lowest BCUT2D eigenvalue weighted by Crippen LogP contribution is -2.11. The number of carboxylic acid groups (broad SMARTS) is 1. The maximum atomic E-state index is 11.9. The maximum Gasteiger partial charge on any atom is 0.435 e. The molecule has 0 aliphatic carbocycles. The average Bonchev–Trinajstić information content (AvgIpc) is 2.03. The van der Waals surface area contributed by atoms with Gasteiger partial charge in [0, 0.05) is 0 Å². The number of hydrogen-bond donors (Lipinski definition) is 1. The average molecular weight is 192 g/mol. The second-order valence-electron chi connectivity index (χ2n) is 2.11. The lowest BCUT2D eigenvalue weighted by Gasteiger charge is -2.03. The second kappa shape index (κ2) is 3.00. The Morgan fingerprint density at radius 1 is 1.31 bits per heavy atom. The molecule has 1 N–H and O–H groups in total. The van der Waals surface area contributed by atoms with Gasteiger partial charge in [-0.25, -0.2) is 4.79 Å². The quantitative estimate of drug-likeness (QED) is 0.725. The summed E-state index contributed by atoms with van der Waals surface area (Å²) in [6, 6.07) is 1.31. The number of aromatic carboxylic acids is 1. The van der Waals surface area contributed by atoms with Crippen LogP contribution < -0.4 is 0 Å². The van der Waals surface area contributed by atoms with E-state index in [4.69, 9.17) is 5.11 Å². The molecule has 0 bridgehead atoms. The van der Waals surface area contributed by atoms with Crippen molar-refractivity contribution in [1.29, 1.82) is 0 Å². The van der Waals surface area contributed by atoms with Crippen LogP contribution in [-0.2, 0) is 6.18 Å². The molecule has 0 saturated carbocycles. The second-order valence-corrected chi connectivity index (χ2v) is 2.11. The number of hydrogen-bond acceptors (Lipinski definition) is 3. The Morgan fingerprint density at radius 3 is 2.23 bits per heavy atom. The number of nitrogens with zero attached hydrogens (tertiary/aromatic N) is 2. The van der Waals surface area contributed by atoms with Crippen LogP contribution in [-0.4, -0.2) is 21.3 Å². The van der Waals surface area contributed by atoms with Gasteiger partial charge in [-0.05, 0) is 12.1 Å². The summed E-state index contributed by atoms with van der Waals surface area (Å²) in [6.45, 7) is 0. The number of rotatable bonds is 1. The van der Waals surface area contributed by atoms with Crippen molar-refractivity contribution < 1.29 is 23.1 Å². The van der Waals surface area contributed by atoms with Gasteiger partial charge < -0.3 is 5.11 Å². The van der Waals surface area contributed by atoms with Crippen molar-refractivity contribution in [3.63, 3.8) is 0 Å². The zero-order chi connectivity index (χ0) is 10.1. The summed E-state index contributed by atoms with van der Waals surface area (Å²) in [5.74, 6) is -1.42. The summed E-state index contributed by atoms with van der Waals surface area (Å²) < 4.78 is 35.6. The highest BCUT2D eigenvalue weighted by molar-refractivity contribution is 5.84. The molecule has 0 aliphatic heterocycles. The zero-order valence-corrected chi connectivity index (χ0v) is 6.04. The summed E-state index contributed by atoms with van der Waals surface area (Å²) in [5, 5.41) is 13.9. The van der Waals surface area contributed by atoms with Crippen LogP contribution in [0.4, 0.5) is 13.2 Å². The molecule has 0 unspecified atom stereocenters. The first kappa shape index (κ1) is 9.43. The topological polar surface area (TPSA) is 63.1 Å². The van der Waals surface area contributed by atoms with Crippen molar-refractivity contribution in [2.24, 2.45) is 0 Å². The summed E-state index contributed by atoms with van der Waals surface area (Å²) in [5.41, 5.74) is -1.73. The van der Waals surface area contributed by atoms with Crippen LogP contribution in [0.5, 0.6) is 0 Å². The van der Waals surface area contributed by atoms with E-state index in [0.717, 1.165) is 6.07 Å². The minimum atomic E-state index is -4.59. The minimum absolute atomic E-state index is 0.520. The third-order valence-electron chi connectivity index (χ3n) is 1.17. The van der Waals surface area contributed by atoms with E-state index in [9.17, 15) is 18.0 Å². The Morgan fingerprint density at radius 2 is 1.92 bits per heavy atom. The molecule has 70 valence electrons. The molecule has 4 nitrogen and oxygen atoms in total. The van der Waals surface area contributed by atoms with E-state index in [-0.39, 0.29) is 0 Å². The third kappa shape index (κ3) is 2.14. The monoisotopic (exact) mass is 192 g/mol. The molecule has 1 rings (SSSR count). The molecule has 0 aromatic carbocycles. The smallest absolute Gasteiger partial charge is 0.435 e. The first-order valence-corrected chi connectivity index (χ1v) is 3.05. The SMILES string of the molecule is O=C(O)c1ccc(C(F)(F)F)nn1. The minimum Gasteiger partial charge on any atom is -0.476 e.